The normalized spacial score (nSPS) is 12.7. The minimum Gasteiger partial charge on any atom is -0.486 e. The summed E-state index contributed by atoms with van der Waals surface area (Å²) >= 11 is 8.20. The number of anilines is 2. The van der Waals surface area contributed by atoms with Gasteiger partial charge >= 0.3 is 0 Å². The lowest BCUT2D eigenvalue weighted by Crippen LogP contribution is -2.26. The van der Waals surface area contributed by atoms with Crippen LogP contribution < -0.4 is 15.4 Å². The Labute approximate surface area is 246 Å². The quantitative estimate of drug-likeness (QED) is 0.206. The largest absolute Gasteiger partial charge is 0.486 e. The summed E-state index contributed by atoms with van der Waals surface area (Å²) < 4.78 is 30.5. The Morgan fingerprint density at radius 3 is 2.83 bits per heavy atom. The van der Waals surface area contributed by atoms with Crippen LogP contribution in [0.3, 0.4) is 0 Å². The first kappa shape index (κ1) is 27.6. The Hall–Kier alpha value is -3.58. The van der Waals surface area contributed by atoms with E-state index in [0.29, 0.717) is 37.0 Å². The summed E-state index contributed by atoms with van der Waals surface area (Å²) in [5.74, 6) is 1.44. The van der Waals surface area contributed by atoms with Crippen molar-refractivity contribution in [2.24, 2.45) is 0 Å². The molecule has 5 aromatic rings. The molecule has 10 nitrogen and oxygen atoms in total. The van der Waals surface area contributed by atoms with Gasteiger partial charge in [0, 0.05) is 47.9 Å². The van der Waals surface area contributed by atoms with E-state index in [9.17, 15) is 8.42 Å². The van der Waals surface area contributed by atoms with E-state index in [0.717, 1.165) is 56.4 Å². The molecule has 0 saturated carbocycles. The van der Waals surface area contributed by atoms with Crippen molar-refractivity contribution >= 4 is 54.5 Å². The molecule has 0 aliphatic heterocycles. The molecule has 6 rings (SSSR count). The van der Waals surface area contributed by atoms with Crippen LogP contribution in [0.5, 0.6) is 5.75 Å². The molecule has 41 heavy (non-hydrogen) atoms. The Morgan fingerprint density at radius 2 is 2.02 bits per heavy atom. The maximum Gasteiger partial charge on any atom is 0.148 e. The molecular formula is C28H28ClN7O3S2. The predicted octanol–water partition coefficient (Wildman–Crippen LogP) is 4.66. The van der Waals surface area contributed by atoms with Crippen molar-refractivity contribution in [3.05, 3.63) is 77.1 Å². The number of sulfone groups is 1. The second-order valence-corrected chi connectivity index (χ2v) is 13.5. The average Bonchev–Trinajstić information content (AvgIpc) is 3.54. The van der Waals surface area contributed by atoms with Gasteiger partial charge < -0.3 is 15.4 Å². The summed E-state index contributed by atoms with van der Waals surface area (Å²) in [5, 5.41) is 12.9. The lowest BCUT2D eigenvalue weighted by atomic mass is 9.95. The van der Waals surface area contributed by atoms with Crippen molar-refractivity contribution in [2.75, 3.05) is 30.4 Å². The van der Waals surface area contributed by atoms with E-state index in [1.807, 2.05) is 41.1 Å². The molecule has 4 heterocycles. The molecule has 0 fully saturated rings. The second-order valence-electron chi connectivity index (χ2n) is 9.82. The number of thiophene rings is 1. The van der Waals surface area contributed by atoms with Crippen LogP contribution in [0.4, 0.5) is 11.5 Å². The van der Waals surface area contributed by atoms with Crippen LogP contribution in [0.2, 0.25) is 5.02 Å². The van der Waals surface area contributed by atoms with Crippen molar-refractivity contribution in [3.63, 3.8) is 0 Å². The van der Waals surface area contributed by atoms with Crippen molar-refractivity contribution in [1.82, 2.24) is 30.0 Å². The number of rotatable bonds is 11. The number of aromatic nitrogens is 5. The first-order chi connectivity index (χ1) is 19.8. The molecule has 4 aromatic heterocycles. The number of halogens is 1. The highest BCUT2D eigenvalue weighted by atomic mass is 35.5. The third-order valence-electron chi connectivity index (χ3n) is 6.75. The predicted molar refractivity (Wildman–Crippen MR) is 162 cm³/mol. The van der Waals surface area contributed by atoms with Crippen molar-refractivity contribution in [2.45, 2.75) is 26.0 Å². The van der Waals surface area contributed by atoms with Crippen LogP contribution in [0.15, 0.2) is 55.1 Å². The molecule has 13 heteroatoms. The maximum atomic E-state index is 11.3. The van der Waals surface area contributed by atoms with Gasteiger partial charge in [-0.1, -0.05) is 17.7 Å². The van der Waals surface area contributed by atoms with Gasteiger partial charge in [-0.2, -0.15) is 5.10 Å². The van der Waals surface area contributed by atoms with Gasteiger partial charge in [-0.3, -0.25) is 9.67 Å². The van der Waals surface area contributed by atoms with Crippen LogP contribution in [-0.4, -0.2) is 58.2 Å². The molecule has 0 saturated heterocycles. The van der Waals surface area contributed by atoms with E-state index >= 15 is 0 Å². The third-order valence-corrected chi connectivity index (χ3v) is 9.16. The number of hydrogen-bond donors (Lipinski definition) is 2. The SMILES string of the molecule is CS(=O)(=O)CCNCCn1cc2c(n1)CCc1c-2sc2ncnc(Nc3ccc(OCc4ccccn4)c(Cl)c3)c12. The lowest BCUT2D eigenvalue weighted by Gasteiger charge is -2.13. The summed E-state index contributed by atoms with van der Waals surface area (Å²) in [4.78, 5) is 15.5. The molecule has 0 spiro atoms. The number of nitrogens with zero attached hydrogens (tertiary/aromatic N) is 5. The summed E-state index contributed by atoms with van der Waals surface area (Å²) in [5.41, 5.74) is 5.02. The number of ether oxygens (including phenoxy) is 1. The highest BCUT2D eigenvalue weighted by Gasteiger charge is 2.26. The van der Waals surface area contributed by atoms with E-state index in [4.69, 9.17) is 21.4 Å². The minimum atomic E-state index is -2.97. The van der Waals surface area contributed by atoms with Crippen LogP contribution in [0, 0.1) is 0 Å². The van der Waals surface area contributed by atoms with Gasteiger partial charge in [0.2, 0.25) is 0 Å². The van der Waals surface area contributed by atoms with Crippen molar-refractivity contribution in [3.8, 4) is 16.2 Å². The summed E-state index contributed by atoms with van der Waals surface area (Å²) in [7, 11) is -2.97. The Kier molecular flexibility index (Phi) is 7.89. The van der Waals surface area contributed by atoms with Crippen molar-refractivity contribution < 1.29 is 13.2 Å². The number of hydrogen-bond acceptors (Lipinski definition) is 10. The Bertz CT molecular complexity index is 1810. The van der Waals surface area contributed by atoms with E-state index in [2.05, 4.69) is 31.8 Å². The van der Waals surface area contributed by atoms with Crippen LogP contribution >= 0.6 is 22.9 Å². The fourth-order valence-electron chi connectivity index (χ4n) is 4.78. The van der Waals surface area contributed by atoms with Gasteiger partial charge in [-0.05, 0) is 48.7 Å². The first-order valence-electron chi connectivity index (χ1n) is 13.1. The van der Waals surface area contributed by atoms with Crippen LogP contribution in [0.25, 0.3) is 20.7 Å². The number of fused-ring (bicyclic) bond motifs is 5. The summed E-state index contributed by atoms with van der Waals surface area (Å²) in [6.45, 7) is 2.07. The third kappa shape index (κ3) is 6.35. The first-order valence-corrected chi connectivity index (χ1v) is 16.4. The standard InChI is InChI=1S/C28H28ClN7O3S2/c1-41(37,38)13-11-30-10-12-36-15-21-23(35-36)7-6-20-25-27(32-17-33-28(25)40-26(20)21)34-18-5-8-24(22(29)14-18)39-16-19-4-2-3-9-31-19/h2-5,8-9,14-15,17,30H,6-7,10-13,16H2,1H3,(H,32,33,34). The number of benzene rings is 1. The van der Waals surface area contributed by atoms with Crippen LogP contribution in [-0.2, 0) is 35.8 Å². The topological polar surface area (TPSA) is 124 Å². The number of pyridine rings is 1. The van der Waals surface area contributed by atoms with E-state index in [1.165, 1.54) is 11.8 Å². The molecule has 2 N–H and O–H groups in total. The Morgan fingerprint density at radius 1 is 1.12 bits per heavy atom. The zero-order valence-corrected chi connectivity index (χ0v) is 24.7. The van der Waals surface area contributed by atoms with Gasteiger partial charge in [0.25, 0.3) is 0 Å². The van der Waals surface area contributed by atoms with E-state index < -0.39 is 9.84 Å². The monoisotopic (exact) mass is 609 g/mol. The fourth-order valence-corrected chi connectivity index (χ4v) is 6.75. The van der Waals surface area contributed by atoms with Gasteiger partial charge in [0.05, 0.1) is 34.1 Å². The van der Waals surface area contributed by atoms with Crippen LogP contribution in [0.1, 0.15) is 17.0 Å². The van der Waals surface area contributed by atoms with E-state index in [-0.39, 0.29) is 5.75 Å². The molecule has 0 amide bonds. The second kappa shape index (κ2) is 11.7. The molecule has 212 valence electrons. The van der Waals surface area contributed by atoms with Gasteiger partial charge in [-0.25, -0.2) is 18.4 Å². The average molecular weight is 610 g/mol. The molecule has 0 radical (unpaired) electrons. The molecule has 1 aliphatic carbocycles. The maximum absolute atomic E-state index is 11.3. The molecular weight excluding hydrogens is 582 g/mol. The van der Waals surface area contributed by atoms with E-state index in [1.54, 1.807) is 23.9 Å². The smallest absolute Gasteiger partial charge is 0.148 e. The summed E-state index contributed by atoms with van der Waals surface area (Å²) in [6, 6.07) is 11.3. The molecule has 0 atom stereocenters. The van der Waals surface area contributed by atoms with Gasteiger partial charge in [0.1, 0.15) is 39.2 Å². The highest BCUT2D eigenvalue weighted by molar-refractivity contribution is 7.90. The molecule has 1 aliphatic rings. The lowest BCUT2D eigenvalue weighted by molar-refractivity contribution is 0.301. The number of aryl methyl sites for hydroxylation is 2. The molecule has 0 bridgehead atoms. The van der Waals surface area contributed by atoms with Crippen molar-refractivity contribution in [1.29, 1.82) is 0 Å². The fraction of sp³-hybridized carbons (Fsp3) is 0.286. The minimum absolute atomic E-state index is 0.126. The molecule has 0 unspecified atom stereocenters. The Balaban J connectivity index is 1.18. The zero-order valence-electron chi connectivity index (χ0n) is 22.3. The molecule has 1 aromatic carbocycles. The van der Waals surface area contributed by atoms with Gasteiger partial charge in [-0.15, -0.1) is 11.3 Å². The summed E-state index contributed by atoms with van der Waals surface area (Å²) in [6.07, 6.45) is 8.29. The zero-order chi connectivity index (χ0) is 28.4. The number of nitrogens with one attached hydrogen (secondary N) is 2. The highest BCUT2D eigenvalue weighted by Crippen LogP contribution is 2.45. The van der Waals surface area contributed by atoms with Gasteiger partial charge in [0.15, 0.2) is 0 Å².